The number of hydrogen-bond donors (Lipinski definition) is 0. The second-order valence-electron chi connectivity index (χ2n) is 3.06. The van der Waals surface area contributed by atoms with Gasteiger partial charge in [-0.2, -0.15) is 11.3 Å². The molecule has 3 aromatic rings. The van der Waals surface area contributed by atoms with Crippen molar-refractivity contribution in [1.82, 2.24) is 5.16 Å². The van der Waals surface area contributed by atoms with E-state index in [9.17, 15) is 0 Å². The third-order valence-corrected chi connectivity index (χ3v) is 2.90. The largest absolute Gasteiger partial charge is 0.356 e. The fourth-order valence-corrected chi connectivity index (χ4v) is 2.20. The summed E-state index contributed by atoms with van der Waals surface area (Å²) in [4.78, 5) is 0. The summed E-state index contributed by atoms with van der Waals surface area (Å²) in [6.45, 7) is 0. The number of aromatic nitrogens is 1. The van der Waals surface area contributed by atoms with E-state index in [1.165, 1.54) is 5.56 Å². The Morgan fingerprint density at radius 2 is 2.21 bits per heavy atom. The molecule has 0 aliphatic rings. The van der Waals surface area contributed by atoms with Gasteiger partial charge in [-0.15, -0.1) is 0 Å². The molecule has 68 valence electrons. The van der Waals surface area contributed by atoms with Gasteiger partial charge in [0.25, 0.3) is 0 Å². The van der Waals surface area contributed by atoms with Gasteiger partial charge < -0.3 is 4.52 Å². The number of para-hydroxylation sites is 1. The SMILES string of the molecule is c1cc(-c2ccsc2)c2oncc2c1. The van der Waals surface area contributed by atoms with Crippen LogP contribution in [0.4, 0.5) is 0 Å². The Morgan fingerprint density at radius 1 is 1.21 bits per heavy atom. The first-order chi connectivity index (χ1) is 6.95. The Hall–Kier alpha value is -1.61. The van der Waals surface area contributed by atoms with E-state index >= 15 is 0 Å². The summed E-state index contributed by atoms with van der Waals surface area (Å²) in [7, 11) is 0. The van der Waals surface area contributed by atoms with Crippen LogP contribution in [-0.4, -0.2) is 5.16 Å². The number of nitrogens with zero attached hydrogens (tertiary/aromatic N) is 1. The third-order valence-electron chi connectivity index (χ3n) is 2.21. The molecule has 0 atom stereocenters. The van der Waals surface area contributed by atoms with Gasteiger partial charge in [-0.05, 0) is 28.5 Å². The molecule has 3 rings (SSSR count). The number of rotatable bonds is 1. The Bertz CT molecular complexity index is 553. The zero-order valence-electron chi connectivity index (χ0n) is 7.31. The van der Waals surface area contributed by atoms with E-state index in [-0.39, 0.29) is 0 Å². The Kier molecular flexibility index (Phi) is 1.64. The quantitative estimate of drug-likeness (QED) is 0.601. The summed E-state index contributed by atoms with van der Waals surface area (Å²) in [5, 5.41) is 9.02. The van der Waals surface area contributed by atoms with Crippen LogP contribution >= 0.6 is 11.3 Å². The molecule has 0 fully saturated rings. The summed E-state index contributed by atoms with van der Waals surface area (Å²) in [6.07, 6.45) is 1.74. The van der Waals surface area contributed by atoms with Crippen molar-refractivity contribution in [2.24, 2.45) is 0 Å². The zero-order valence-corrected chi connectivity index (χ0v) is 8.12. The lowest BCUT2D eigenvalue weighted by molar-refractivity contribution is 0.457. The lowest BCUT2D eigenvalue weighted by atomic mass is 10.1. The van der Waals surface area contributed by atoms with Crippen LogP contribution < -0.4 is 0 Å². The summed E-state index contributed by atoms with van der Waals surface area (Å²) < 4.78 is 5.23. The van der Waals surface area contributed by atoms with Gasteiger partial charge in [-0.25, -0.2) is 0 Å². The summed E-state index contributed by atoms with van der Waals surface area (Å²) in [5.74, 6) is 0. The summed E-state index contributed by atoms with van der Waals surface area (Å²) >= 11 is 1.68. The van der Waals surface area contributed by atoms with Gasteiger partial charge >= 0.3 is 0 Å². The molecule has 0 radical (unpaired) electrons. The molecule has 0 unspecified atom stereocenters. The molecular weight excluding hydrogens is 194 g/mol. The van der Waals surface area contributed by atoms with Crippen LogP contribution in [0, 0.1) is 0 Å². The molecule has 0 saturated carbocycles. The van der Waals surface area contributed by atoms with E-state index in [1.807, 2.05) is 12.1 Å². The smallest absolute Gasteiger partial charge is 0.174 e. The van der Waals surface area contributed by atoms with Crippen LogP contribution in [-0.2, 0) is 0 Å². The first-order valence-corrected chi connectivity index (χ1v) is 5.25. The summed E-state index contributed by atoms with van der Waals surface area (Å²) in [6, 6.07) is 8.16. The van der Waals surface area contributed by atoms with Gasteiger partial charge in [-0.3, -0.25) is 0 Å². The topological polar surface area (TPSA) is 26.0 Å². The van der Waals surface area contributed by atoms with Crippen LogP contribution in [0.15, 0.2) is 45.7 Å². The second kappa shape index (κ2) is 2.96. The van der Waals surface area contributed by atoms with Crippen LogP contribution in [0.5, 0.6) is 0 Å². The van der Waals surface area contributed by atoms with Crippen molar-refractivity contribution >= 4 is 22.3 Å². The molecule has 2 heterocycles. The van der Waals surface area contributed by atoms with Crippen LogP contribution in [0.25, 0.3) is 22.1 Å². The van der Waals surface area contributed by atoms with E-state index in [0.717, 1.165) is 16.5 Å². The highest BCUT2D eigenvalue weighted by atomic mass is 32.1. The van der Waals surface area contributed by atoms with Gasteiger partial charge in [-0.1, -0.05) is 17.3 Å². The van der Waals surface area contributed by atoms with Crippen molar-refractivity contribution in [3.8, 4) is 11.1 Å². The highest BCUT2D eigenvalue weighted by molar-refractivity contribution is 7.08. The molecule has 0 saturated heterocycles. The van der Waals surface area contributed by atoms with Gasteiger partial charge in [0.15, 0.2) is 5.58 Å². The van der Waals surface area contributed by atoms with E-state index in [2.05, 4.69) is 28.0 Å². The molecule has 0 N–H and O–H groups in total. The number of fused-ring (bicyclic) bond motifs is 1. The maximum Gasteiger partial charge on any atom is 0.174 e. The number of hydrogen-bond acceptors (Lipinski definition) is 3. The maximum absolute atomic E-state index is 5.23. The van der Waals surface area contributed by atoms with Crippen LogP contribution in [0.1, 0.15) is 0 Å². The fourth-order valence-electron chi connectivity index (χ4n) is 1.54. The molecule has 0 aliphatic heterocycles. The highest BCUT2D eigenvalue weighted by Gasteiger charge is 2.06. The standard InChI is InChI=1S/C11H7NOS/c1-2-8-6-12-13-11(8)10(3-1)9-4-5-14-7-9/h1-7H. The van der Waals surface area contributed by atoms with Gasteiger partial charge in [0.2, 0.25) is 0 Å². The molecule has 14 heavy (non-hydrogen) atoms. The first-order valence-electron chi connectivity index (χ1n) is 4.31. The zero-order chi connectivity index (χ0) is 9.38. The van der Waals surface area contributed by atoms with Gasteiger partial charge in [0, 0.05) is 10.9 Å². The first kappa shape index (κ1) is 7.76. The van der Waals surface area contributed by atoms with E-state index in [1.54, 1.807) is 17.5 Å². The lowest BCUT2D eigenvalue weighted by Gasteiger charge is -1.96. The van der Waals surface area contributed by atoms with Crippen LogP contribution in [0.3, 0.4) is 0 Å². The third kappa shape index (κ3) is 1.06. The number of thiophene rings is 1. The molecular formula is C11H7NOS. The summed E-state index contributed by atoms with van der Waals surface area (Å²) in [5.41, 5.74) is 3.17. The molecule has 0 aliphatic carbocycles. The highest BCUT2D eigenvalue weighted by Crippen LogP contribution is 2.29. The maximum atomic E-state index is 5.23. The molecule has 2 aromatic heterocycles. The predicted molar refractivity (Wildman–Crippen MR) is 57.3 cm³/mol. The second-order valence-corrected chi connectivity index (χ2v) is 3.84. The average molecular weight is 201 g/mol. The molecule has 2 nitrogen and oxygen atoms in total. The Balaban J connectivity index is 2.36. The Morgan fingerprint density at radius 3 is 3.07 bits per heavy atom. The minimum Gasteiger partial charge on any atom is -0.356 e. The molecule has 0 bridgehead atoms. The lowest BCUT2D eigenvalue weighted by Crippen LogP contribution is -1.73. The minimum atomic E-state index is 0.867. The van der Waals surface area contributed by atoms with Crippen molar-refractivity contribution < 1.29 is 4.52 Å². The van der Waals surface area contributed by atoms with Crippen molar-refractivity contribution in [2.45, 2.75) is 0 Å². The van der Waals surface area contributed by atoms with Crippen molar-refractivity contribution in [3.05, 3.63) is 41.2 Å². The predicted octanol–water partition coefficient (Wildman–Crippen LogP) is 3.56. The fraction of sp³-hybridized carbons (Fsp3) is 0. The van der Waals surface area contributed by atoms with Crippen molar-refractivity contribution in [2.75, 3.05) is 0 Å². The van der Waals surface area contributed by atoms with E-state index < -0.39 is 0 Å². The molecule has 3 heteroatoms. The van der Waals surface area contributed by atoms with Gasteiger partial charge in [0.05, 0.1) is 6.20 Å². The monoisotopic (exact) mass is 201 g/mol. The normalized spacial score (nSPS) is 10.9. The van der Waals surface area contributed by atoms with Crippen LogP contribution in [0.2, 0.25) is 0 Å². The van der Waals surface area contributed by atoms with E-state index in [0.29, 0.717) is 0 Å². The molecule has 0 spiro atoms. The van der Waals surface area contributed by atoms with Crippen molar-refractivity contribution in [1.29, 1.82) is 0 Å². The Labute approximate surface area is 84.8 Å². The van der Waals surface area contributed by atoms with Crippen molar-refractivity contribution in [3.63, 3.8) is 0 Å². The molecule has 1 aromatic carbocycles. The number of benzene rings is 1. The van der Waals surface area contributed by atoms with E-state index in [4.69, 9.17) is 4.52 Å². The average Bonchev–Trinajstić information content (AvgIpc) is 2.88. The molecule has 0 amide bonds. The minimum absolute atomic E-state index is 0.867. The van der Waals surface area contributed by atoms with Gasteiger partial charge in [0.1, 0.15) is 0 Å².